The Morgan fingerprint density at radius 2 is 1.82 bits per heavy atom. The number of para-hydroxylation sites is 1. The number of carbonyl (C=O) groups is 1. The lowest BCUT2D eigenvalue weighted by Crippen LogP contribution is -2.08. The first-order valence-electron chi connectivity index (χ1n) is 8.92. The monoisotopic (exact) mass is 368 g/mol. The van der Waals surface area contributed by atoms with Crippen molar-refractivity contribution in [2.75, 3.05) is 0 Å². The van der Waals surface area contributed by atoms with Gasteiger partial charge in [0.2, 0.25) is 0 Å². The van der Waals surface area contributed by atoms with Crippen LogP contribution in [0.5, 0.6) is 0 Å². The van der Waals surface area contributed by atoms with Gasteiger partial charge in [0.05, 0.1) is 5.52 Å². The van der Waals surface area contributed by atoms with Gasteiger partial charge in [0.15, 0.2) is 5.82 Å². The summed E-state index contributed by atoms with van der Waals surface area (Å²) >= 11 is 0. The Morgan fingerprint density at radius 1 is 1.00 bits per heavy atom. The predicted octanol–water partition coefficient (Wildman–Crippen LogP) is 4.46. The lowest BCUT2D eigenvalue weighted by Gasteiger charge is -2.07. The van der Waals surface area contributed by atoms with Crippen LogP contribution in [0.25, 0.3) is 33.3 Å². The number of carbonyl (C=O) groups excluding carboxylic acids is 1. The number of fused-ring (bicyclic) bond motifs is 3. The highest BCUT2D eigenvalue weighted by Crippen LogP contribution is 2.31. The van der Waals surface area contributed by atoms with E-state index in [1.807, 2.05) is 54.6 Å². The van der Waals surface area contributed by atoms with Crippen LogP contribution in [0, 0.1) is 0 Å². The molecule has 5 aromatic rings. The highest BCUT2D eigenvalue weighted by atomic mass is 16.5. The smallest absolute Gasteiger partial charge is 0.357 e. The van der Waals surface area contributed by atoms with E-state index in [4.69, 9.17) is 4.74 Å². The number of pyridine rings is 1. The molecule has 3 heterocycles. The van der Waals surface area contributed by atoms with Gasteiger partial charge in [-0.15, -0.1) is 0 Å². The van der Waals surface area contributed by atoms with Gasteiger partial charge < -0.3 is 14.7 Å². The molecule has 136 valence electrons. The van der Waals surface area contributed by atoms with E-state index in [-0.39, 0.29) is 12.3 Å². The molecule has 0 radical (unpaired) electrons. The average molecular weight is 368 g/mol. The quantitative estimate of drug-likeness (QED) is 0.459. The summed E-state index contributed by atoms with van der Waals surface area (Å²) < 4.78 is 5.48. The third-order valence-corrected chi connectivity index (χ3v) is 4.64. The van der Waals surface area contributed by atoms with E-state index in [0.29, 0.717) is 11.5 Å². The number of nitrogens with one attached hydrogen (secondary N) is 2. The fraction of sp³-hybridized carbons (Fsp3) is 0.0455. The Hall–Kier alpha value is -3.93. The number of ether oxygens (including phenoxy) is 1. The zero-order valence-electron chi connectivity index (χ0n) is 14.8. The SMILES string of the molecule is O=C(OCc1ccccc1)c1cc2c([nH]c3ccccc32)c(-c2ncc[nH]2)n1. The number of hydrogen-bond donors (Lipinski definition) is 2. The van der Waals surface area contributed by atoms with Crippen LogP contribution in [-0.4, -0.2) is 25.9 Å². The highest BCUT2D eigenvalue weighted by Gasteiger charge is 2.19. The largest absolute Gasteiger partial charge is 0.456 e. The summed E-state index contributed by atoms with van der Waals surface area (Å²) in [6.07, 6.45) is 3.39. The molecule has 28 heavy (non-hydrogen) atoms. The maximum atomic E-state index is 12.7. The second kappa shape index (κ2) is 6.66. The fourth-order valence-corrected chi connectivity index (χ4v) is 3.31. The van der Waals surface area contributed by atoms with Crippen molar-refractivity contribution in [2.24, 2.45) is 0 Å². The fourth-order valence-electron chi connectivity index (χ4n) is 3.31. The Balaban J connectivity index is 1.60. The summed E-state index contributed by atoms with van der Waals surface area (Å²) in [5.41, 5.74) is 3.57. The van der Waals surface area contributed by atoms with Gasteiger partial charge in [0.25, 0.3) is 0 Å². The molecule has 0 spiro atoms. The van der Waals surface area contributed by atoms with Crippen molar-refractivity contribution in [3.63, 3.8) is 0 Å². The molecule has 0 aliphatic rings. The van der Waals surface area contributed by atoms with Crippen LogP contribution in [0.3, 0.4) is 0 Å². The Morgan fingerprint density at radius 3 is 2.64 bits per heavy atom. The lowest BCUT2D eigenvalue weighted by molar-refractivity contribution is 0.0466. The molecule has 5 rings (SSSR count). The van der Waals surface area contributed by atoms with Crippen LogP contribution in [-0.2, 0) is 11.3 Å². The molecule has 0 unspecified atom stereocenters. The molecule has 2 aromatic carbocycles. The maximum Gasteiger partial charge on any atom is 0.357 e. The van der Waals surface area contributed by atoms with Crippen LogP contribution in [0.1, 0.15) is 16.1 Å². The van der Waals surface area contributed by atoms with E-state index in [1.165, 1.54) is 0 Å². The molecular weight excluding hydrogens is 352 g/mol. The first-order valence-corrected chi connectivity index (χ1v) is 8.92. The van der Waals surface area contributed by atoms with Crippen molar-refractivity contribution in [1.29, 1.82) is 0 Å². The number of benzene rings is 2. The predicted molar refractivity (Wildman–Crippen MR) is 107 cm³/mol. The average Bonchev–Trinajstić information content (AvgIpc) is 3.40. The first-order chi connectivity index (χ1) is 13.8. The van der Waals surface area contributed by atoms with Gasteiger partial charge in [-0.3, -0.25) is 0 Å². The third-order valence-electron chi connectivity index (χ3n) is 4.64. The van der Waals surface area contributed by atoms with E-state index >= 15 is 0 Å². The zero-order chi connectivity index (χ0) is 18.9. The standard InChI is InChI=1S/C22H16N4O2/c27-22(28-13-14-6-2-1-3-7-14)18-12-16-15-8-4-5-9-17(15)25-19(16)20(26-18)21-23-10-11-24-21/h1-12,25H,13H2,(H,23,24). The van der Waals surface area contributed by atoms with Gasteiger partial charge in [-0.2, -0.15) is 0 Å². The summed E-state index contributed by atoms with van der Waals surface area (Å²) in [6.45, 7) is 0.198. The van der Waals surface area contributed by atoms with Gasteiger partial charge in [-0.05, 0) is 17.7 Å². The van der Waals surface area contributed by atoms with Gasteiger partial charge in [0, 0.05) is 28.7 Å². The number of rotatable bonds is 4. The van der Waals surface area contributed by atoms with Gasteiger partial charge >= 0.3 is 5.97 Å². The van der Waals surface area contributed by atoms with Gasteiger partial charge in [0.1, 0.15) is 18.0 Å². The molecule has 6 heteroatoms. The van der Waals surface area contributed by atoms with E-state index in [0.717, 1.165) is 27.4 Å². The molecule has 0 aliphatic heterocycles. The molecule has 0 fully saturated rings. The van der Waals surface area contributed by atoms with E-state index < -0.39 is 5.97 Å². The van der Waals surface area contributed by atoms with E-state index in [2.05, 4.69) is 19.9 Å². The molecule has 6 nitrogen and oxygen atoms in total. The number of aromatic amines is 2. The highest BCUT2D eigenvalue weighted by molar-refractivity contribution is 6.12. The minimum atomic E-state index is -0.469. The second-order valence-corrected chi connectivity index (χ2v) is 6.45. The lowest BCUT2D eigenvalue weighted by atomic mass is 10.1. The van der Waals surface area contributed by atoms with Crippen molar-refractivity contribution in [3.8, 4) is 11.5 Å². The van der Waals surface area contributed by atoms with Crippen LogP contribution >= 0.6 is 0 Å². The molecule has 0 atom stereocenters. The van der Waals surface area contributed by atoms with Crippen molar-refractivity contribution in [1.82, 2.24) is 19.9 Å². The van der Waals surface area contributed by atoms with Gasteiger partial charge in [-0.1, -0.05) is 48.5 Å². The number of H-pyrrole nitrogens is 2. The summed E-state index contributed by atoms with van der Waals surface area (Å²) in [5, 5.41) is 1.92. The van der Waals surface area contributed by atoms with E-state index in [9.17, 15) is 4.79 Å². The van der Waals surface area contributed by atoms with Crippen LogP contribution in [0.2, 0.25) is 0 Å². The maximum absolute atomic E-state index is 12.7. The molecule has 0 bridgehead atoms. The minimum Gasteiger partial charge on any atom is -0.456 e. The van der Waals surface area contributed by atoms with E-state index in [1.54, 1.807) is 18.5 Å². The van der Waals surface area contributed by atoms with Gasteiger partial charge in [-0.25, -0.2) is 14.8 Å². The van der Waals surface area contributed by atoms with Crippen LogP contribution in [0.15, 0.2) is 73.1 Å². The number of imidazole rings is 1. The molecule has 0 aliphatic carbocycles. The van der Waals surface area contributed by atoms with Crippen LogP contribution < -0.4 is 0 Å². The minimum absolute atomic E-state index is 0.198. The molecule has 2 N–H and O–H groups in total. The van der Waals surface area contributed by atoms with Crippen molar-refractivity contribution >= 4 is 27.8 Å². The number of hydrogen-bond acceptors (Lipinski definition) is 4. The summed E-state index contributed by atoms with van der Waals surface area (Å²) in [6, 6.07) is 19.3. The molecule has 3 aromatic heterocycles. The number of nitrogens with zero attached hydrogens (tertiary/aromatic N) is 2. The molecule has 0 saturated heterocycles. The van der Waals surface area contributed by atoms with Crippen molar-refractivity contribution in [3.05, 3.63) is 84.3 Å². The molecular formula is C22H16N4O2. The summed E-state index contributed by atoms with van der Waals surface area (Å²) in [5.74, 6) is 0.123. The Labute approximate surface area is 160 Å². The first kappa shape index (κ1) is 16.3. The third kappa shape index (κ3) is 2.81. The Bertz CT molecular complexity index is 1270. The molecule has 0 amide bonds. The summed E-state index contributed by atoms with van der Waals surface area (Å²) in [7, 11) is 0. The van der Waals surface area contributed by atoms with Crippen molar-refractivity contribution in [2.45, 2.75) is 6.61 Å². The second-order valence-electron chi connectivity index (χ2n) is 6.45. The van der Waals surface area contributed by atoms with Crippen LogP contribution in [0.4, 0.5) is 0 Å². The summed E-state index contributed by atoms with van der Waals surface area (Å²) in [4.78, 5) is 28.0. The normalized spacial score (nSPS) is 11.1. The number of esters is 1. The number of aromatic nitrogens is 4. The Kier molecular flexibility index (Phi) is 3.87. The molecule has 0 saturated carbocycles. The topological polar surface area (TPSA) is 83.7 Å². The van der Waals surface area contributed by atoms with Crippen molar-refractivity contribution < 1.29 is 9.53 Å². The zero-order valence-corrected chi connectivity index (χ0v) is 14.8.